The summed E-state index contributed by atoms with van der Waals surface area (Å²) in [6, 6.07) is 1.62. The summed E-state index contributed by atoms with van der Waals surface area (Å²) >= 11 is 0. The number of nitrogens with zero attached hydrogens (tertiary/aromatic N) is 2. The average molecular weight is 249 g/mol. The van der Waals surface area contributed by atoms with Crippen molar-refractivity contribution in [2.24, 2.45) is 5.92 Å². The van der Waals surface area contributed by atoms with Crippen molar-refractivity contribution in [3.63, 3.8) is 0 Å². The van der Waals surface area contributed by atoms with Crippen molar-refractivity contribution in [2.45, 2.75) is 38.3 Å². The molecule has 96 valence electrons. The minimum absolute atomic E-state index is 0.0700. The second-order valence-corrected chi connectivity index (χ2v) is 5.13. The maximum Gasteiger partial charge on any atom is 0.308 e. The molecule has 0 spiro atoms. The van der Waals surface area contributed by atoms with Gasteiger partial charge in [-0.1, -0.05) is 0 Å². The Morgan fingerprint density at radius 1 is 1.50 bits per heavy atom. The van der Waals surface area contributed by atoms with Gasteiger partial charge in [-0.05, 0) is 32.3 Å². The number of aromatic amines is 1. The van der Waals surface area contributed by atoms with E-state index in [9.17, 15) is 9.59 Å². The van der Waals surface area contributed by atoms with Crippen LogP contribution in [0.25, 0.3) is 0 Å². The number of aliphatic carboxylic acids is 1. The van der Waals surface area contributed by atoms with Crippen molar-refractivity contribution >= 4 is 11.9 Å². The van der Waals surface area contributed by atoms with Crippen LogP contribution in [0, 0.1) is 12.8 Å². The molecule has 1 aromatic rings. The van der Waals surface area contributed by atoms with Gasteiger partial charge in [0.15, 0.2) is 0 Å². The van der Waals surface area contributed by atoms with E-state index >= 15 is 0 Å². The third-order valence-corrected chi connectivity index (χ3v) is 4.01. The number of fused-ring (bicyclic) bond motifs is 2. The van der Waals surface area contributed by atoms with Gasteiger partial charge in [0.2, 0.25) is 0 Å². The molecule has 3 atom stereocenters. The number of carboxylic acids is 1. The van der Waals surface area contributed by atoms with Gasteiger partial charge in [0.05, 0.1) is 5.92 Å². The zero-order valence-electron chi connectivity index (χ0n) is 10.1. The first kappa shape index (κ1) is 11.3. The molecule has 1 amide bonds. The maximum atomic E-state index is 12.3. The van der Waals surface area contributed by atoms with Crippen LogP contribution in [0.1, 0.15) is 35.4 Å². The van der Waals surface area contributed by atoms with E-state index in [0.717, 1.165) is 18.5 Å². The molecule has 2 saturated heterocycles. The van der Waals surface area contributed by atoms with Gasteiger partial charge >= 0.3 is 5.97 Å². The van der Waals surface area contributed by atoms with Crippen molar-refractivity contribution < 1.29 is 14.7 Å². The number of nitrogens with one attached hydrogen (secondary N) is 1. The van der Waals surface area contributed by atoms with Crippen molar-refractivity contribution in [3.05, 3.63) is 17.5 Å². The first-order chi connectivity index (χ1) is 8.58. The van der Waals surface area contributed by atoms with Crippen molar-refractivity contribution in [2.75, 3.05) is 0 Å². The molecular weight excluding hydrogens is 234 g/mol. The van der Waals surface area contributed by atoms with Crippen LogP contribution in [0.5, 0.6) is 0 Å². The smallest absolute Gasteiger partial charge is 0.308 e. The molecular formula is C12H15N3O3. The molecule has 2 aliphatic rings. The van der Waals surface area contributed by atoms with Gasteiger partial charge in [0, 0.05) is 17.8 Å². The Morgan fingerprint density at radius 2 is 2.28 bits per heavy atom. The molecule has 6 nitrogen and oxygen atoms in total. The Kier molecular flexibility index (Phi) is 2.39. The van der Waals surface area contributed by atoms with Crippen LogP contribution in [0.3, 0.4) is 0 Å². The van der Waals surface area contributed by atoms with Gasteiger partial charge in [0.1, 0.15) is 5.69 Å². The standard InChI is InChI=1S/C12H15N3O3/c1-6-4-9(14-13-6)11(16)15-7-2-3-10(15)8(5-7)12(17)18/h4,7-8,10H,2-3,5H2,1H3,(H,13,14)(H,17,18). The molecule has 0 saturated carbocycles. The van der Waals surface area contributed by atoms with Crippen LogP contribution in [-0.2, 0) is 4.79 Å². The van der Waals surface area contributed by atoms with Gasteiger partial charge in [-0.2, -0.15) is 5.10 Å². The summed E-state index contributed by atoms with van der Waals surface area (Å²) in [5.41, 5.74) is 1.22. The number of hydrogen-bond donors (Lipinski definition) is 2. The molecule has 2 fully saturated rings. The van der Waals surface area contributed by atoms with Gasteiger partial charge in [0.25, 0.3) is 5.91 Å². The molecule has 2 aliphatic heterocycles. The van der Waals surface area contributed by atoms with E-state index in [1.807, 2.05) is 6.92 Å². The third-order valence-electron chi connectivity index (χ3n) is 4.01. The highest BCUT2D eigenvalue weighted by atomic mass is 16.4. The van der Waals surface area contributed by atoms with Crippen molar-refractivity contribution in [1.82, 2.24) is 15.1 Å². The van der Waals surface area contributed by atoms with E-state index in [1.54, 1.807) is 11.0 Å². The molecule has 3 unspecified atom stereocenters. The van der Waals surface area contributed by atoms with Crippen LogP contribution < -0.4 is 0 Å². The highest BCUT2D eigenvalue weighted by molar-refractivity contribution is 5.94. The summed E-state index contributed by atoms with van der Waals surface area (Å²) < 4.78 is 0. The monoisotopic (exact) mass is 249 g/mol. The van der Waals surface area contributed by atoms with Crippen LogP contribution in [0.2, 0.25) is 0 Å². The lowest BCUT2D eigenvalue weighted by atomic mass is 9.89. The molecule has 0 radical (unpaired) electrons. The summed E-state index contributed by atoms with van der Waals surface area (Å²) in [6.45, 7) is 1.84. The van der Waals surface area contributed by atoms with E-state index in [1.165, 1.54) is 0 Å². The Morgan fingerprint density at radius 3 is 2.83 bits per heavy atom. The first-order valence-corrected chi connectivity index (χ1v) is 6.15. The number of hydrogen-bond acceptors (Lipinski definition) is 3. The molecule has 18 heavy (non-hydrogen) atoms. The second-order valence-electron chi connectivity index (χ2n) is 5.13. The van der Waals surface area contributed by atoms with Crippen molar-refractivity contribution in [1.29, 1.82) is 0 Å². The molecule has 3 rings (SSSR count). The number of rotatable bonds is 2. The molecule has 0 aliphatic carbocycles. The number of carboxylic acid groups (broad SMARTS) is 1. The summed E-state index contributed by atoms with van der Waals surface area (Å²) in [5.74, 6) is -1.35. The molecule has 3 heterocycles. The van der Waals surface area contributed by atoms with E-state index in [4.69, 9.17) is 5.11 Å². The minimum Gasteiger partial charge on any atom is -0.481 e. The molecule has 2 N–H and O–H groups in total. The van der Waals surface area contributed by atoms with Crippen LogP contribution in [0.15, 0.2) is 6.07 Å². The van der Waals surface area contributed by atoms with Crippen molar-refractivity contribution in [3.8, 4) is 0 Å². The van der Waals surface area contributed by atoms with E-state index in [2.05, 4.69) is 10.2 Å². The largest absolute Gasteiger partial charge is 0.481 e. The quantitative estimate of drug-likeness (QED) is 0.811. The minimum atomic E-state index is -0.793. The molecule has 6 heteroatoms. The Hall–Kier alpha value is -1.85. The fourth-order valence-electron chi connectivity index (χ4n) is 3.23. The van der Waals surface area contributed by atoms with E-state index < -0.39 is 11.9 Å². The normalized spacial score (nSPS) is 29.8. The van der Waals surface area contributed by atoms with Crippen LogP contribution >= 0.6 is 0 Å². The lowest BCUT2D eigenvalue weighted by Crippen LogP contribution is -2.38. The Bertz CT molecular complexity index is 510. The van der Waals surface area contributed by atoms with Gasteiger partial charge in [-0.15, -0.1) is 0 Å². The number of aromatic nitrogens is 2. The highest BCUT2D eigenvalue weighted by Crippen LogP contribution is 2.42. The summed E-state index contributed by atoms with van der Waals surface area (Å²) in [4.78, 5) is 25.2. The predicted molar refractivity (Wildman–Crippen MR) is 62.0 cm³/mol. The number of H-pyrrole nitrogens is 1. The summed E-state index contributed by atoms with van der Waals surface area (Å²) in [5, 5.41) is 15.9. The first-order valence-electron chi connectivity index (χ1n) is 6.15. The number of carbonyl (C=O) groups excluding carboxylic acids is 1. The zero-order valence-corrected chi connectivity index (χ0v) is 10.1. The highest BCUT2D eigenvalue weighted by Gasteiger charge is 2.51. The lowest BCUT2D eigenvalue weighted by Gasteiger charge is -2.21. The van der Waals surface area contributed by atoms with Gasteiger partial charge in [-0.3, -0.25) is 14.7 Å². The molecule has 2 bridgehead atoms. The van der Waals surface area contributed by atoms with Gasteiger partial charge < -0.3 is 10.0 Å². The fraction of sp³-hybridized carbons (Fsp3) is 0.583. The number of carbonyl (C=O) groups is 2. The number of amides is 1. The predicted octanol–water partition coefficient (Wildman–Crippen LogP) is 0.796. The van der Waals surface area contributed by atoms with Gasteiger partial charge in [-0.25, -0.2) is 0 Å². The van der Waals surface area contributed by atoms with E-state index in [0.29, 0.717) is 12.1 Å². The SMILES string of the molecule is Cc1cc(C(=O)N2C3CCC2C(C(=O)O)C3)n[nH]1. The maximum absolute atomic E-state index is 12.3. The Labute approximate surface area is 104 Å². The second kappa shape index (κ2) is 3.83. The summed E-state index contributed by atoms with van der Waals surface area (Å²) in [6.07, 6.45) is 2.27. The Balaban J connectivity index is 1.85. The molecule has 0 aromatic carbocycles. The lowest BCUT2D eigenvalue weighted by molar-refractivity contribution is -0.142. The third kappa shape index (κ3) is 1.52. The number of aryl methyl sites for hydroxylation is 1. The fourth-order valence-corrected chi connectivity index (χ4v) is 3.23. The summed E-state index contributed by atoms with van der Waals surface area (Å²) in [7, 11) is 0. The topological polar surface area (TPSA) is 86.3 Å². The van der Waals surface area contributed by atoms with Crippen LogP contribution in [0.4, 0.5) is 0 Å². The average Bonchev–Trinajstić information content (AvgIpc) is 3.01. The van der Waals surface area contributed by atoms with Crippen LogP contribution in [-0.4, -0.2) is 44.2 Å². The zero-order chi connectivity index (χ0) is 12.9. The van der Waals surface area contributed by atoms with E-state index in [-0.39, 0.29) is 18.0 Å². The molecule has 1 aromatic heterocycles.